The van der Waals surface area contributed by atoms with Crippen molar-refractivity contribution >= 4 is 5.95 Å². The van der Waals surface area contributed by atoms with Gasteiger partial charge in [0.2, 0.25) is 5.95 Å². The first-order valence-electron chi connectivity index (χ1n) is 5.64. The normalized spacial score (nSPS) is 10.3. The standard InChI is InChI=1S/C13H14FN3O2/c1-17(13-15-6-10(14)7-16-13)8-9-3-4-11(18)12(5-9)19-2/h3-7,18H,8H2,1-2H3. The topological polar surface area (TPSA) is 58.5 Å². The Labute approximate surface area is 110 Å². The molecule has 5 nitrogen and oxygen atoms in total. The van der Waals surface area contributed by atoms with Crippen LogP contribution in [0.15, 0.2) is 30.6 Å². The van der Waals surface area contributed by atoms with Crippen molar-refractivity contribution in [3.05, 3.63) is 42.0 Å². The first-order chi connectivity index (χ1) is 9.10. The predicted octanol–water partition coefficient (Wildman–Crippen LogP) is 1.97. The van der Waals surface area contributed by atoms with E-state index >= 15 is 0 Å². The lowest BCUT2D eigenvalue weighted by Crippen LogP contribution is -2.19. The molecule has 0 aliphatic carbocycles. The Kier molecular flexibility index (Phi) is 3.79. The number of anilines is 1. The molecule has 1 aromatic heterocycles. The molecule has 0 bridgehead atoms. The van der Waals surface area contributed by atoms with Crippen LogP contribution < -0.4 is 9.64 Å². The SMILES string of the molecule is COc1cc(CN(C)c2ncc(F)cn2)ccc1O. The summed E-state index contributed by atoms with van der Waals surface area (Å²) in [6.07, 6.45) is 2.24. The minimum Gasteiger partial charge on any atom is -0.504 e. The number of hydrogen-bond acceptors (Lipinski definition) is 5. The molecule has 0 amide bonds. The highest BCUT2D eigenvalue weighted by molar-refractivity contribution is 5.43. The van der Waals surface area contributed by atoms with Crippen LogP contribution in [0.3, 0.4) is 0 Å². The average molecular weight is 263 g/mol. The van der Waals surface area contributed by atoms with Crippen molar-refractivity contribution < 1.29 is 14.2 Å². The molecule has 1 aromatic carbocycles. The Morgan fingerprint density at radius 1 is 1.32 bits per heavy atom. The van der Waals surface area contributed by atoms with Crippen LogP contribution in [0.1, 0.15) is 5.56 Å². The van der Waals surface area contributed by atoms with Gasteiger partial charge in [-0.2, -0.15) is 0 Å². The quantitative estimate of drug-likeness (QED) is 0.913. The second kappa shape index (κ2) is 5.51. The maximum absolute atomic E-state index is 12.7. The highest BCUT2D eigenvalue weighted by Gasteiger charge is 2.08. The van der Waals surface area contributed by atoms with Crippen LogP contribution in [0.2, 0.25) is 0 Å². The summed E-state index contributed by atoms with van der Waals surface area (Å²) in [6, 6.07) is 5.07. The van der Waals surface area contributed by atoms with Gasteiger partial charge >= 0.3 is 0 Å². The number of benzene rings is 1. The Balaban J connectivity index is 2.14. The lowest BCUT2D eigenvalue weighted by atomic mass is 10.2. The van der Waals surface area contributed by atoms with Crippen molar-refractivity contribution in [2.45, 2.75) is 6.54 Å². The maximum atomic E-state index is 12.7. The number of hydrogen-bond donors (Lipinski definition) is 1. The van der Waals surface area contributed by atoms with Crippen molar-refractivity contribution in [3.8, 4) is 11.5 Å². The molecule has 19 heavy (non-hydrogen) atoms. The maximum Gasteiger partial charge on any atom is 0.225 e. The van der Waals surface area contributed by atoms with Crippen molar-refractivity contribution in [2.75, 3.05) is 19.1 Å². The summed E-state index contributed by atoms with van der Waals surface area (Å²) in [6.45, 7) is 0.516. The molecule has 6 heteroatoms. The van der Waals surface area contributed by atoms with Gasteiger partial charge in [0.25, 0.3) is 0 Å². The number of nitrogens with zero attached hydrogens (tertiary/aromatic N) is 3. The number of halogens is 1. The number of aromatic nitrogens is 2. The van der Waals surface area contributed by atoms with Crippen LogP contribution in [0.4, 0.5) is 10.3 Å². The molecule has 2 aromatic rings. The first-order valence-corrected chi connectivity index (χ1v) is 5.64. The fraction of sp³-hybridized carbons (Fsp3) is 0.231. The van der Waals surface area contributed by atoms with Crippen molar-refractivity contribution in [3.63, 3.8) is 0 Å². The van der Waals surface area contributed by atoms with Gasteiger partial charge in [-0.1, -0.05) is 6.07 Å². The molecular weight excluding hydrogens is 249 g/mol. The summed E-state index contributed by atoms with van der Waals surface area (Å²) in [4.78, 5) is 9.56. The van der Waals surface area contributed by atoms with E-state index in [0.717, 1.165) is 18.0 Å². The number of methoxy groups -OCH3 is 1. The second-order valence-corrected chi connectivity index (χ2v) is 4.06. The van der Waals surface area contributed by atoms with Crippen molar-refractivity contribution in [2.24, 2.45) is 0 Å². The van der Waals surface area contributed by atoms with Crippen LogP contribution >= 0.6 is 0 Å². The number of phenols is 1. The summed E-state index contributed by atoms with van der Waals surface area (Å²) in [7, 11) is 3.29. The van der Waals surface area contributed by atoms with E-state index in [0.29, 0.717) is 18.2 Å². The molecule has 1 N–H and O–H groups in total. The fourth-order valence-electron chi connectivity index (χ4n) is 1.67. The molecule has 100 valence electrons. The minimum absolute atomic E-state index is 0.0898. The average Bonchev–Trinajstić information content (AvgIpc) is 2.41. The van der Waals surface area contributed by atoms with E-state index < -0.39 is 5.82 Å². The van der Waals surface area contributed by atoms with Gasteiger partial charge < -0.3 is 14.7 Å². The second-order valence-electron chi connectivity index (χ2n) is 4.06. The minimum atomic E-state index is -0.469. The van der Waals surface area contributed by atoms with E-state index in [1.807, 2.05) is 0 Å². The largest absolute Gasteiger partial charge is 0.504 e. The Bertz CT molecular complexity index is 560. The van der Waals surface area contributed by atoms with E-state index in [-0.39, 0.29) is 5.75 Å². The van der Waals surface area contributed by atoms with Crippen molar-refractivity contribution in [1.29, 1.82) is 0 Å². The van der Waals surface area contributed by atoms with Crippen LogP contribution in [-0.2, 0) is 6.54 Å². The van der Waals surface area contributed by atoms with Gasteiger partial charge in [-0.3, -0.25) is 0 Å². The molecule has 0 spiro atoms. The van der Waals surface area contributed by atoms with E-state index in [9.17, 15) is 9.50 Å². The third kappa shape index (κ3) is 3.09. The zero-order valence-corrected chi connectivity index (χ0v) is 10.7. The number of phenolic OH excluding ortho intramolecular Hbond substituents is 1. The van der Waals surface area contributed by atoms with Crippen LogP contribution in [0.5, 0.6) is 11.5 Å². The van der Waals surface area contributed by atoms with Gasteiger partial charge in [0, 0.05) is 13.6 Å². The highest BCUT2D eigenvalue weighted by Crippen LogP contribution is 2.26. The zero-order valence-electron chi connectivity index (χ0n) is 10.7. The molecular formula is C13H14FN3O2. The Morgan fingerprint density at radius 2 is 2.00 bits per heavy atom. The third-order valence-corrected chi connectivity index (χ3v) is 2.61. The molecule has 0 unspecified atom stereocenters. The number of aromatic hydroxyl groups is 1. The summed E-state index contributed by atoms with van der Waals surface area (Å²) >= 11 is 0. The van der Waals surface area contributed by atoms with Crippen LogP contribution in [0, 0.1) is 5.82 Å². The molecule has 1 heterocycles. The van der Waals surface area contributed by atoms with Gasteiger partial charge in [0.05, 0.1) is 19.5 Å². The van der Waals surface area contributed by atoms with Gasteiger partial charge in [-0.05, 0) is 17.7 Å². The first kappa shape index (κ1) is 13.1. The molecule has 0 fully saturated rings. The fourth-order valence-corrected chi connectivity index (χ4v) is 1.67. The van der Waals surface area contributed by atoms with E-state index in [4.69, 9.17) is 4.74 Å². The molecule has 0 aliphatic rings. The van der Waals surface area contributed by atoms with E-state index in [1.165, 1.54) is 7.11 Å². The Morgan fingerprint density at radius 3 is 2.63 bits per heavy atom. The van der Waals surface area contributed by atoms with Crippen LogP contribution in [0.25, 0.3) is 0 Å². The van der Waals surface area contributed by atoms with E-state index in [1.54, 1.807) is 30.1 Å². The lowest BCUT2D eigenvalue weighted by Gasteiger charge is -2.17. The van der Waals surface area contributed by atoms with Gasteiger partial charge in [-0.25, -0.2) is 14.4 Å². The number of ether oxygens (including phenoxy) is 1. The molecule has 2 rings (SSSR count). The monoisotopic (exact) mass is 263 g/mol. The van der Waals surface area contributed by atoms with Crippen molar-refractivity contribution in [1.82, 2.24) is 9.97 Å². The van der Waals surface area contributed by atoms with Gasteiger partial charge in [0.1, 0.15) is 0 Å². The molecule has 0 saturated carbocycles. The summed E-state index contributed by atoms with van der Waals surface area (Å²) in [5.74, 6) is 0.453. The smallest absolute Gasteiger partial charge is 0.225 e. The molecule has 0 aliphatic heterocycles. The Hall–Kier alpha value is -2.37. The zero-order chi connectivity index (χ0) is 13.8. The van der Waals surface area contributed by atoms with Crippen LogP contribution in [-0.4, -0.2) is 29.2 Å². The molecule has 0 atom stereocenters. The lowest BCUT2D eigenvalue weighted by molar-refractivity contribution is 0.373. The van der Waals surface area contributed by atoms with E-state index in [2.05, 4.69) is 9.97 Å². The molecule has 0 saturated heterocycles. The third-order valence-electron chi connectivity index (χ3n) is 2.61. The van der Waals surface area contributed by atoms with Gasteiger partial charge in [-0.15, -0.1) is 0 Å². The predicted molar refractivity (Wildman–Crippen MR) is 68.8 cm³/mol. The highest BCUT2D eigenvalue weighted by atomic mass is 19.1. The summed E-state index contributed by atoms with van der Waals surface area (Å²) in [5.41, 5.74) is 0.921. The molecule has 0 radical (unpaired) electrons. The van der Waals surface area contributed by atoms with Gasteiger partial charge in [0.15, 0.2) is 17.3 Å². The summed E-state index contributed by atoms with van der Waals surface area (Å²) in [5, 5.41) is 9.51. The summed E-state index contributed by atoms with van der Waals surface area (Å²) < 4.78 is 17.8. The number of rotatable bonds is 4.